The highest BCUT2D eigenvalue weighted by atomic mass is 35.5. The molecule has 0 atom stereocenters. The molecule has 1 N–H and O–H groups in total. The molecule has 526 valence electrons. The fourth-order valence-corrected chi connectivity index (χ4v) is 14.1. The normalized spacial score (nSPS) is 15.1. The first kappa shape index (κ1) is 71.0. The van der Waals surface area contributed by atoms with Crippen molar-refractivity contribution in [3.8, 4) is 0 Å². The number of hydrogen-bond acceptors (Lipinski definition) is 13. The summed E-state index contributed by atoms with van der Waals surface area (Å²) in [5, 5.41) is 2.49. The summed E-state index contributed by atoms with van der Waals surface area (Å²) in [6.07, 6.45) is 3.45. The maximum atomic E-state index is 13.2. The van der Waals surface area contributed by atoms with Gasteiger partial charge in [0.15, 0.2) is 0 Å². The Morgan fingerprint density at radius 2 is 0.722 bits per heavy atom. The third kappa shape index (κ3) is 13.6. The molecule has 19 rings (SSSR count). The largest absolute Gasteiger partial charge is 0.361 e. The van der Waals surface area contributed by atoms with E-state index in [0.29, 0.717) is 50.5 Å². The number of amides is 6. The smallest absolute Gasteiger partial charge is 0.282 e. The Kier molecular flexibility index (Phi) is 20.0. The number of nitrogens with one attached hydrogen (secondary N) is 1. The fourth-order valence-electron chi connectivity index (χ4n) is 13.1. The summed E-state index contributed by atoms with van der Waals surface area (Å²) in [6.45, 7) is 1.99. The summed E-state index contributed by atoms with van der Waals surface area (Å²) < 4.78 is 1.08. The Morgan fingerprint density at radius 3 is 1.15 bits per heavy atom. The van der Waals surface area contributed by atoms with Gasteiger partial charge in [0, 0.05) is 69.2 Å². The van der Waals surface area contributed by atoms with Crippen LogP contribution in [0.25, 0.3) is 21.1 Å². The zero-order chi connectivity index (χ0) is 72.5. The summed E-state index contributed by atoms with van der Waals surface area (Å²) in [5.74, 6) is -1.30. The number of thiazole rings is 1. The number of rotatable bonds is 8. The lowest BCUT2D eigenvalue weighted by Gasteiger charge is -2.16. The van der Waals surface area contributed by atoms with Crippen molar-refractivity contribution in [2.24, 2.45) is 20.0 Å². The number of carbonyl (C=O) groups excluding carboxylic acids is 6. The van der Waals surface area contributed by atoms with Crippen molar-refractivity contribution in [1.29, 1.82) is 0 Å². The second kappa shape index (κ2) is 30.4. The first-order valence-corrected chi connectivity index (χ1v) is 34.8. The average Bonchev–Trinajstić information content (AvgIpc) is 1.63. The molecule has 3 aromatic heterocycles. The maximum Gasteiger partial charge on any atom is 0.282 e. The van der Waals surface area contributed by atoms with Crippen molar-refractivity contribution in [2.75, 3.05) is 26.6 Å². The predicted octanol–water partition coefficient (Wildman–Crippen LogP) is 19.9. The summed E-state index contributed by atoms with van der Waals surface area (Å²) >= 11 is 7.44. The molecule has 0 unspecified atom stereocenters. The number of H-pyrrole nitrogens is 1. The van der Waals surface area contributed by atoms with Crippen LogP contribution in [0.2, 0.25) is 5.15 Å². The monoisotopic (exact) mass is 1450 g/mol. The predicted molar refractivity (Wildman–Crippen MR) is 433 cm³/mol. The number of anilines is 8. The lowest BCUT2D eigenvalue weighted by atomic mass is 10.1. The number of fused-ring (bicyclic) bond motifs is 7. The molecule has 0 saturated carbocycles. The van der Waals surface area contributed by atoms with Gasteiger partial charge in [-0.25, -0.2) is 29.9 Å². The van der Waals surface area contributed by atoms with Gasteiger partial charge in [-0.15, -0.1) is 11.3 Å². The van der Waals surface area contributed by atoms with Gasteiger partial charge in [-0.05, 0) is 153 Å². The molecule has 20 heteroatoms. The fraction of sp³-hybridized carbons (Fsp3) is 0.0455. The Hall–Kier alpha value is -14.0. The Bertz CT molecular complexity index is 6000. The van der Waals surface area contributed by atoms with E-state index < -0.39 is 0 Å². The van der Waals surface area contributed by atoms with E-state index in [-0.39, 0.29) is 50.3 Å². The Morgan fingerprint density at radius 1 is 0.361 bits per heavy atom. The number of aliphatic imine (C=N–C) groups is 4. The van der Waals surface area contributed by atoms with Crippen molar-refractivity contribution in [3.05, 3.63) is 347 Å². The summed E-state index contributed by atoms with van der Waals surface area (Å²) in [7, 11) is 1.45. The highest BCUT2D eigenvalue weighted by molar-refractivity contribution is 7.18. The number of aromatic amines is 1. The van der Waals surface area contributed by atoms with Crippen LogP contribution in [0.4, 0.5) is 68.2 Å². The molecule has 0 radical (unpaired) electrons. The van der Waals surface area contributed by atoms with Crippen LogP contribution in [0.15, 0.2) is 324 Å². The second-order valence-corrected chi connectivity index (χ2v) is 26.3. The van der Waals surface area contributed by atoms with E-state index in [9.17, 15) is 28.8 Å². The van der Waals surface area contributed by atoms with Crippen LogP contribution in [-0.4, -0.2) is 85.2 Å². The number of carbonyl (C=O) groups is 6. The van der Waals surface area contributed by atoms with Gasteiger partial charge in [0.2, 0.25) is 0 Å². The first-order valence-electron chi connectivity index (χ1n) is 33.6. The molecule has 18 nitrogen and oxygen atoms in total. The topological polar surface area (TPSA) is 210 Å². The molecule has 14 aromatic rings. The molecule has 0 spiro atoms. The molecule has 0 saturated heterocycles. The lowest BCUT2D eigenvalue weighted by molar-refractivity contribution is -0.112. The third-order valence-electron chi connectivity index (χ3n) is 18.0. The molecule has 6 amide bonds. The Balaban J connectivity index is 0.000000120. The van der Waals surface area contributed by atoms with E-state index in [1.807, 2.05) is 274 Å². The minimum absolute atomic E-state index is 0. The zero-order valence-corrected chi connectivity index (χ0v) is 58.1. The summed E-state index contributed by atoms with van der Waals surface area (Å²) in [4.78, 5) is 115. The van der Waals surface area contributed by atoms with Crippen LogP contribution >= 0.6 is 22.9 Å². The highest BCUT2D eigenvalue weighted by Crippen LogP contribution is 2.42. The van der Waals surface area contributed by atoms with Crippen molar-refractivity contribution >= 4 is 171 Å². The van der Waals surface area contributed by atoms with Crippen LogP contribution < -0.4 is 19.6 Å². The summed E-state index contributed by atoms with van der Waals surface area (Å²) in [5.41, 5.74) is 16.7. The second-order valence-electron chi connectivity index (χ2n) is 24.7. The van der Waals surface area contributed by atoms with E-state index in [1.54, 1.807) is 67.5 Å². The third-order valence-corrected chi connectivity index (χ3v) is 19.2. The molecule has 5 aliphatic rings. The molecular formula is C88H65ClN12O6S. The molecule has 11 aromatic carbocycles. The molecule has 5 aliphatic heterocycles. The maximum absolute atomic E-state index is 13.2. The number of halogens is 1. The number of pyridine rings is 1. The van der Waals surface area contributed by atoms with Crippen LogP contribution in [0.1, 0.15) is 62.8 Å². The van der Waals surface area contributed by atoms with Gasteiger partial charge in [-0.1, -0.05) is 172 Å². The van der Waals surface area contributed by atoms with Crippen LogP contribution in [0.3, 0.4) is 0 Å². The molecule has 0 bridgehead atoms. The van der Waals surface area contributed by atoms with Crippen LogP contribution in [0, 0.1) is 6.92 Å². The molecule has 108 heavy (non-hydrogen) atoms. The van der Waals surface area contributed by atoms with Gasteiger partial charge in [0.1, 0.15) is 28.0 Å². The van der Waals surface area contributed by atoms with Gasteiger partial charge in [0.25, 0.3) is 35.4 Å². The average molecular weight is 1450 g/mol. The molecule has 0 fully saturated rings. The molecular weight excluding hydrogens is 1390 g/mol. The van der Waals surface area contributed by atoms with Gasteiger partial charge in [0.05, 0.1) is 78.0 Å². The zero-order valence-electron chi connectivity index (χ0n) is 56.5. The lowest BCUT2D eigenvalue weighted by Crippen LogP contribution is -2.25. The Labute approximate surface area is 630 Å². The van der Waals surface area contributed by atoms with Gasteiger partial charge >= 0.3 is 0 Å². The number of imide groups is 1. The van der Waals surface area contributed by atoms with Crippen LogP contribution in [-0.2, 0) is 19.2 Å². The van der Waals surface area contributed by atoms with Crippen molar-refractivity contribution < 1.29 is 28.8 Å². The van der Waals surface area contributed by atoms with Crippen molar-refractivity contribution in [3.63, 3.8) is 0 Å². The first-order chi connectivity index (χ1) is 51.8. The van der Waals surface area contributed by atoms with E-state index in [4.69, 9.17) is 21.6 Å². The summed E-state index contributed by atoms with van der Waals surface area (Å²) in [6, 6.07) is 90.9. The minimum atomic E-state index is -0.365. The number of para-hydroxylation sites is 8. The number of aryl methyl sites for hydroxylation is 1. The quantitative estimate of drug-likeness (QED) is 0.114. The number of aromatic nitrogens is 3. The minimum Gasteiger partial charge on any atom is -0.361 e. The number of hydrogen-bond donors (Lipinski definition) is 1. The van der Waals surface area contributed by atoms with E-state index in [0.717, 1.165) is 110 Å². The van der Waals surface area contributed by atoms with E-state index >= 15 is 0 Å². The SMILES string of the molecule is C.C.CN1C(=O)c2ccc(N=C3C(=O)N(c4ccccc4)c4ccccc43)cc2C1=O.Cc1nc2ccc(N=C3C(=O)N(c4ccccc4)c4ccccc43)cc2s1.O=C1C(=Nc2ccc(Cl)nc2)c2ccccc2N1c1ccccc1.O=C1C(=Nc2ccc3[nH]ccc3c2)c2ccccc2N1c1ccccc1. The molecule has 0 aliphatic carbocycles. The van der Waals surface area contributed by atoms with Gasteiger partial charge in [-0.2, -0.15) is 0 Å². The van der Waals surface area contributed by atoms with E-state index in [1.165, 1.54) is 7.05 Å². The molecule has 8 heterocycles. The highest BCUT2D eigenvalue weighted by Gasteiger charge is 2.39. The van der Waals surface area contributed by atoms with Gasteiger partial charge in [-0.3, -0.25) is 53.3 Å². The number of nitrogens with zero attached hydrogens (tertiary/aromatic N) is 11. The van der Waals surface area contributed by atoms with Crippen LogP contribution in [0.5, 0.6) is 0 Å². The van der Waals surface area contributed by atoms with E-state index in [2.05, 4.69) is 24.9 Å². The standard InChI is InChI=1S/C23H15N3O3.C22H15N3OS.C22H15N3O.C19H12ClN3O.2CH4/c1-25-21(27)16-12-11-14(13-18(16)22(25)28)24-20-17-9-5-6-10-19(17)26(23(20)29)15-7-3-2-4-8-15;1-14-23-18-12-11-15(13-20(18)27-14)24-21-17-9-5-6-10-19(17)25(22(21)26)16-7-3-2-4-8-16;26-22-21(24-16-10-11-19-15(14-16)12-13-23-19)18-8-4-5-9-20(18)25(22)17-6-2-1-3-7-17;20-17-11-10-13(12-21-17)22-18-15-8-4-5-9-16(15)23(19(18)24)14-6-2-1-3-7-14;;/h2-13H,1H3;2-13H,1H3;1-14,23H;1-12H;2*1H4. The van der Waals surface area contributed by atoms with Gasteiger partial charge < -0.3 is 4.98 Å². The van der Waals surface area contributed by atoms with Crippen molar-refractivity contribution in [1.82, 2.24) is 19.9 Å². The van der Waals surface area contributed by atoms with Crippen molar-refractivity contribution in [2.45, 2.75) is 21.8 Å². The number of benzene rings is 11.